The van der Waals surface area contributed by atoms with Gasteiger partial charge in [-0.05, 0) is 13.8 Å². The van der Waals surface area contributed by atoms with E-state index in [-0.39, 0.29) is 6.04 Å². The van der Waals surface area contributed by atoms with E-state index >= 15 is 0 Å². The van der Waals surface area contributed by atoms with Crippen LogP contribution in [-0.2, 0) is 9.47 Å². The zero-order valence-corrected chi connectivity index (χ0v) is 12.0. The fourth-order valence-electron chi connectivity index (χ4n) is 1.39. The maximum absolute atomic E-state index is 9.70. The number of nitrogens with zero attached hydrogens (tertiary/aromatic N) is 1. The quantitative estimate of drug-likeness (QED) is 0.661. The molecule has 0 amide bonds. The third kappa shape index (κ3) is 5.88. The second-order valence-corrected chi connectivity index (χ2v) is 5.07. The summed E-state index contributed by atoms with van der Waals surface area (Å²) in [6, 6.07) is 0.150. The van der Waals surface area contributed by atoms with Crippen LogP contribution in [-0.4, -0.2) is 49.7 Å². The zero-order chi connectivity index (χ0) is 13.4. The third-order valence-corrected chi connectivity index (χ3v) is 3.55. The van der Waals surface area contributed by atoms with E-state index in [1.807, 2.05) is 19.2 Å². The summed E-state index contributed by atoms with van der Waals surface area (Å²) in [5.41, 5.74) is 1.03. The second-order valence-electron chi connectivity index (χ2n) is 4.18. The van der Waals surface area contributed by atoms with E-state index in [0.29, 0.717) is 26.4 Å². The molecular formula is C12H22N2O3S. The van der Waals surface area contributed by atoms with Crippen molar-refractivity contribution in [1.29, 1.82) is 0 Å². The SMILES string of the molecule is COCCOCC(O)CNC(C)c1nc(C)cs1. The molecule has 0 spiro atoms. The lowest BCUT2D eigenvalue weighted by atomic mass is 10.3. The van der Waals surface area contributed by atoms with E-state index in [1.54, 1.807) is 18.4 Å². The Hall–Kier alpha value is -0.530. The standard InChI is InChI=1S/C12H22N2O3S/c1-9-8-18-12(14-9)10(2)13-6-11(15)7-17-5-4-16-3/h8,10-11,13,15H,4-7H2,1-3H3. The number of nitrogens with one attached hydrogen (secondary N) is 1. The van der Waals surface area contributed by atoms with Crippen LogP contribution in [0.3, 0.4) is 0 Å². The molecule has 0 aliphatic carbocycles. The Kier molecular flexibility index (Phi) is 7.38. The summed E-state index contributed by atoms with van der Waals surface area (Å²) in [6.45, 7) is 5.89. The topological polar surface area (TPSA) is 63.6 Å². The van der Waals surface area contributed by atoms with Crippen LogP contribution in [0.5, 0.6) is 0 Å². The van der Waals surface area contributed by atoms with Crippen LogP contribution in [0.25, 0.3) is 0 Å². The van der Waals surface area contributed by atoms with Crippen LogP contribution in [0.2, 0.25) is 0 Å². The summed E-state index contributed by atoms with van der Waals surface area (Å²) in [6.07, 6.45) is -0.509. The number of aromatic nitrogens is 1. The molecule has 2 N–H and O–H groups in total. The van der Waals surface area contributed by atoms with E-state index in [9.17, 15) is 5.11 Å². The molecule has 6 heteroatoms. The van der Waals surface area contributed by atoms with Gasteiger partial charge in [-0.1, -0.05) is 0 Å². The molecular weight excluding hydrogens is 252 g/mol. The number of aryl methyl sites for hydroxylation is 1. The van der Waals surface area contributed by atoms with E-state index in [4.69, 9.17) is 9.47 Å². The molecule has 2 atom stereocenters. The summed E-state index contributed by atoms with van der Waals surface area (Å²) in [4.78, 5) is 4.40. The van der Waals surface area contributed by atoms with Gasteiger partial charge < -0.3 is 19.9 Å². The molecule has 1 rings (SSSR count). The molecule has 0 saturated carbocycles. The van der Waals surface area contributed by atoms with Gasteiger partial charge in [-0.25, -0.2) is 4.98 Å². The summed E-state index contributed by atoms with van der Waals surface area (Å²) in [5, 5.41) is 16.0. The number of aliphatic hydroxyl groups is 1. The normalized spacial score (nSPS) is 14.7. The van der Waals surface area contributed by atoms with E-state index in [0.717, 1.165) is 10.7 Å². The molecule has 0 fully saturated rings. The van der Waals surface area contributed by atoms with Crippen molar-refractivity contribution < 1.29 is 14.6 Å². The fourth-order valence-corrected chi connectivity index (χ4v) is 2.22. The number of thiazole rings is 1. The predicted octanol–water partition coefficient (Wildman–Crippen LogP) is 1.13. The maximum atomic E-state index is 9.70. The van der Waals surface area contributed by atoms with Crippen molar-refractivity contribution in [3.63, 3.8) is 0 Å². The zero-order valence-electron chi connectivity index (χ0n) is 11.2. The lowest BCUT2D eigenvalue weighted by Gasteiger charge is -2.15. The Morgan fingerprint density at radius 2 is 2.28 bits per heavy atom. The molecule has 18 heavy (non-hydrogen) atoms. The van der Waals surface area contributed by atoms with Gasteiger partial charge in [-0.15, -0.1) is 11.3 Å². The number of hydrogen-bond acceptors (Lipinski definition) is 6. The summed E-state index contributed by atoms with van der Waals surface area (Å²) < 4.78 is 10.1. The number of hydrogen-bond donors (Lipinski definition) is 2. The predicted molar refractivity (Wildman–Crippen MR) is 72.0 cm³/mol. The molecule has 5 nitrogen and oxygen atoms in total. The van der Waals surface area contributed by atoms with Gasteiger partial charge in [0.15, 0.2) is 0 Å². The Morgan fingerprint density at radius 1 is 1.50 bits per heavy atom. The molecule has 0 aromatic carbocycles. The molecule has 1 aromatic heterocycles. The first-order valence-electron chi connectivity index (χ1n) is 6.03. The third-order valence-electron chi connectivity index (χ3n) is 2.41. The molecule has 2 unspecified atom stereocenters. The van der Waals surface area contributed by atoms with Gasteiger partial charge in [0.2, 0.25) is 0 Å². The van der Waals surface area contributed by atoms with Crippen molar-refractivity contribution in [1.82, 2.24) is 10.3 Å². The van der Waals surface area contributed by atoms with Crippen molar-refractivity contribution in [2.24, 2.45) is 0 Å². The lowest BCUT2D eigenvalue weighted by molar-refractivity contribution is 0.0130. The maximum Gasteiger partial charge on any atom is 0.110 e. The van der Waals surface area contributed by atoms with Gasteiger partial charge in [-0.2, -0.15) is 0 Å². The molecule has 0 radical (unpaired) electrons. The Morgan fingerprint density at radius 3 is 2.89 bits per heavy atom. The van der Waals surface area contributed by atoms with Crippen molar-refractivity contribution >= 4 is 11.3 Å². The molecule has 0 saturated heterocycles. The Labute approximate surface area is 112 Å². The second kappa shape index (κ2) is 8.55. The lowest BCUT2D eigenvalue weighted by Crippen LogP contribution is -2.32. The first kappa shape index (κ1) is 15.5. The molecule has 1 aromatic rings. The molecule has 0 aliphatic rings. The van der Waals surface area contributed by atoms with Crippen molar-refractivity contribution in [2.75, 3.05) is 33.5 Å². The number of rotatable bonds is 9. The van der Waals surface area contributed by atoms with Crippen LogP contribution >= 0.6 is 11.3 Å². The van der Waals surface area contributed by atoms with Crippen molar-refractivity contribution in [3.05, 3.63) is 16.1 Å². The fraction of sp³-hybridized carbons (Fsp3) is 0.750. The van der Waals surface area contributed by atoms with Crippen molar-refractivity contribution in [3.8, 4) is 0 Å². The van der Waals surface area contributed by atoms with Gasteiger partial charge in [0.25, 0.3) is 0 Å². The van der Waals surface area contributed by atoms with E-state index in [1.165, 1.54) is 0 Å². The summed E-state index contributed by atoms with van der Waals surface area (Å²) >= 11 is 1.63. The summed E-state index contributed by atoms with van der Waals surface area (Å²) in [5.74, 6) is 0. The first-order chi connectivity index (χ1) is 8.63. The highest BCUT2D eigenvalue weighted by atomic mass is 32.1. The Bertz CT molecular complexity index is 333. The van der Waals surface area contributed by atoms with Gasteiger partial charge in [-0.3, -0.25) is 0 Å². The van der Waals surface area contributed by atoms with E-state index < -0.39 is 6.10 Å². The first-order valence-corrected chi connectivity index (χ1v) is 6.91. The van der Waals surface area contributed by atoms with E-state index in [2.05, 4.69) is 10.3 Å². The largest absolute Gasteiger partial charge is 0.389 e. The monoisotopic (exact) mass is 274 g/mol. The van der Waals surface area contributed by atoms with Gasteiger partial charge in [0, 0.05) is 24.7 Å². The molecule has 0 bridgehead atoms. The van der Waals surface area contributed by atoms with Gasteiger partial charge in [0.05, 0.1) is 32.0 Å². The number of ether oxygens (including phenoxy) is 2. The minimum Gasteiger partial charge on any atom is -0.389 e. The van der Waals surface area contributed by atoms with Gasteiger partial charge >= 0.3 is 0 Å². The summed E-state index contributed by atoms with van der Waals surface area (Å²) in [7, 11) is 1.62. The average molecular weight is 274 g/mol. The average Bonchev–Trinajstić information content (AvgIpc) is 2.78. The highest BCUT2D eigenvalue weighted by Crippen LogP contribution is 2.17. The van der Waals surface area contributed by atoms with Gasteiger partial charge in [0.1, 0.15) is 5.01 Å². The minimum absolute atomic E-state index is 0.150. The smallest absolute Gasteiger partial charge is 0.110 e. The number of aliphatic hydroxyl groups excluding tert-OH is 1. The van der Waals surface area contributed by atoms with Crippen LogP contribution in [0.1, 0.15) is 23.7 Å². The van der Waals surface area contributed by atoms with Crippen LogP contribution in [0.4, 0.5) is 0 Å². The number of methoxy groups -OCH3 is 1. The van der Waals surface area contributed by atoms with Crippen LogP contribution in [0.15, 0.2) is 5.38 Å². The van der Waals surface area contributed by atoms with Crippen LogP contribution < -0.4 is 5.32 Å². The highest BCUT2D eigenvalue weighted by Gasteiger charge is 2.11. The minimum atomic E-state index is -0.509. The van der Waals surface area contributed by atoms with Crippen molar-refractivity contribution in [2.45, 2.75) is 26.0 Å². The Balaban J connectivity index is 2.15. The molecule has 104 valence electrons. The molecule has 1 heterocycles. The van der Waals surface area contributed by atoms with Crippen LogP contribution in [0, 0.1) is 6.92 Å². The highest BCUT2D eigenvalue weighted by molar-refractivity contribution is 7.09. The molecule has 0 aliphatic heterocycles.